The smallest absolute Gasteiger partial charge is 0.166 e. The standard InChI is InChI=1S/C24H22F4/c1-2-14-11-21(26)23(22(27)12-14)16-5-3-15(4-6-16)17-7-9-19-18(13-17)8-10-20(25)24(19)28/h7-13,15-16H,2-6H2,1H3. The van der Waals surface area contributed by atoms with Gasteiger partial charge in [-0.25, -0.2) is 17.6 Å². The SMILES string of the molecule is CCc1cc(F)c(C2CCC(c3ccc4c(F)c(F)ccc4c3)CC2)c(F)c1. The number of hydrogen-bond acceptors (Lipinski definition) is 0. The van der Waals surface area contributed by atoms with Crippen molar-refractivity contribution >= 4 is 10.8 Å². The average Bonchev–Trinajstić information content (AvgIpc) is 2.70. The van der Waals surface area contributed by atoms with E-state index < -0.39 is 23.3 Å². The minimum Gasteiger partial charge on any atom is -0.207 e. The molecule has 0 nitrogen and oxygen atoms in total. The molecule has 0 atom stereocenters. The van der Waals surface area contributed by atoms with Crippen LogP contribution in [0.1, 0.15) is 61.1 Å². The zero-order valence-corrected chi connectivity index (χ0v) is 15.7. The fraction of sp³-hybridized carbons (Fsp3) is 0.333. The number of rotatable bonds is 3. The first-order chi connectivity index (χ1) is 13.5. The van der Waals surface area contributed by atoms with Crippen molar-refractivity contribution in [2.24, 2.45) is 0 Å². The molecule has 1 aliphatic carbocycles. The summed E-state index contributed by atoms with van der Waals surface area (Å²) in [6.45, 7) is 1.88. The van der Waals surface area contributed by atoms with Gasteiger partial charge in [-0.15, -0.1) is 0 Å². The van der Waals surface area contributed by atoms with Crippen LogP contribution < -0.4 is 0 Å². The highest BCUT2D eigenvalue weighted by atomic mass is 19.2. The Morgan fingerprint density at radius 1 is 0.750 bits per heavy atom. The Labute approximate surface area is 162 Å². The van der Waals surface area contributed by atoms with E-state index in [4.69, 9.17) is 0 Å². The second-order valence-electron chi connectivity index (χ2n) is 7.72. The Morgan fingerprint density at radius 3 is 2.04 bits per heavy atom. The number of fused-ring (bicyclic) bond motifs is 1. The van der Waals surface area contributed by atoms with Crippen LogP contribution in [0, 0.1) is 23.3 Å². The van der Waals surface area contributed by atoms with E-state index in [0.717, 1.165) is 24.5 Å². The van der Waals surface area contributed by atoms with Crippen molar-refractivity contribution in [3.05, 3.63) is 82.4 Å². The lowest BCUT2D eigenvalue weighted by Gasteiger charge is -2.30. The van der Waals surface area contributed by atoms with Crippen molar-refractivity contribution in [3.8, 4) is 0 Å². The molecule has 4 heteroatoms. The molecular weight excluding hydrogens is 364 g/mol. The van der Waals surface area contributed by atoms with Gasteiger partial charge in [0.1, 0.15) is 11.6 Å². The molecule has 1 aliphatic rings. The summed E-state index contributed by atoms with van der Waals surface area (Å²) in [4.78, 5) is 0. The van der Waals surface area contributed by atoms with Gasteiger partial charge in [-0.3, -0.25) is 0 Å². The summed E-state index contributed by atoms with van der Waals surface area (Å²) in [5.41, 5.74) is 1.96. The fourth-order valence-electron chi connectivity index (χ4n) is 4.48. The monoisotopic (exact) mass is 386 g/mol. The van der Waals surface area contributed by atoms with Crippen LogP contribution in [0.3, 0.4) is 0 Å². The third kappa shape index (κ3) is 3.41. The predicted octanol–water partition coefficient (Wildman–Crippen LogP) is 7.40. The van der Waals surface area contributed by atoms with Gasteiger partial charge in [-0.05, 0) is 78.7 Å². The number of halogens is 4. The van der Waals surface area contributed by atoms with Crippen molar-refractivity contribution in [2.45, 2.75) is 50.9 Å². The van der Waals surface area contributed by atoms with Gasteiger partial charge in [0, 0.05) is 10.9 Å². The lowest BCUT2D eigenvalue weighted by atomic mass is 9.75. The minimum absolute atomic E-state index is 0.117. The normalized spacial score (nSPS) is 19.9. The Morgan fingerprint density at radius 2 is 1.39 bits per heavy atom. The molecule has 1 fully saturated rings. The van der Waals surface area contributed by atoms with Crippen LogP contribution in [0.2, 0.25) is 0 Å². The quantitative estimate of drug-likeness (QED) is 0.411. The third-order valence-corrected chi connectivity index (χ3v) is 6.08. The highest BCUT2D eigenvalue weighted by Crippen LogP contribution is 2.42. The summed E-state index contributed by atoms with van der Waals surface area (Å²) in [6.07, 6.45) is 3.65. The molecule has 0 bridgehead atoms. The highest BCUT2D eigenvalue weighted by Gasteiger charge is 2.28. The Kier molecular flexibility index (Phi) is 5.13. The van der Waals surface area contributed by atoms with Crippen LogP contribution in [0.15, 0.2) is 42.5 Å². The van der Waals surface area contributed by atoms with Gasteiger partial charge >= 0.3 is 0 Å². The number of hydrogen-bond donors (Lipinski definition) is 0. The molecule has 0 unspecified atom stereocenters. The minimum atomic E-state index is -0.848. The summed E-state index contributed by atoms with van der Waals surface area (Å²) < 4.78 is 56.2. The Hall–Kier alpha value is -2.36. The Bertz CT molecular complexity index is 994. The maximum Gasteiger partial charge on any atom is 0.166 e. The molecule has 4 rings (SSSR count). The topological polar surface area (TPSA) is 0 Å². The van der Waals surface area contributed by atoms with E-state index in [0.29, 0.717) is 30.2 Å². The van der Waals surface area contributed by atoms with Crippen LogP contribution in [-0.4, -0.2) is 0 Å². The largest absolute Gasteiger partial charge is 0.207 e. The molecule has 3 aromatic rings. The van der Waals surface area contributed by atoms with Gasteiger partial charge in [0.15, 0.2) is 11.6 Å². The molecule has 0 aromatic heterocycles. The fourth-order valence-corrected chi connectivity index (χ4v) is 4.48. The Balaban J connectivity index is 1.53. The van der Waals surface area contributed by atoms with E-state index in [9.17, 15) is 17.6 Å². The molecule has 146 valence electrons. The third-order valence-electron chi connectivity index (χ3n) is 6.08. The van der Waals surface area contributed by atoms with Gasteiger partial charge in [-0.1, -0.05) is 31.2 Å². The zero-order chi connectivity index (χ0) is 19.8. The van der Waals surface area contributed by atoms with Gasteiger partial charge < -0.3 is 0 Å². The second kappa shape index (κ2) is 7.57. The molecule has 0 amide bonds. The predicted molar refractivity (Wildman–Crippen MR) is 104 cm³/mol. The van der Waals surface area contributed by atoms with Crippen LogP contribution in [0.5, 0.6) is 0 Å². The molecule has 0 spiro atoms. The molecule has 0 radical (unpaired) electrons. The lowest BCUT2D eigenvalue weighted by molar-refractivity contribution is 0.376. The van der Waals surface area contributed by atoms with E-state index in [1.165, 1.54) is 12.1 Å². The van der Waals surface area contributed by atoms with Crippen molar-refractivity contribution in [1.82, 2.24) is 0 Å². The summed E-state index contributed by atoms with van der Waals surface area (Å²) in [7, 11) is 0. The summed E-state index contributed by atoms with van der Waals surface area (Å²) in [6, 6.07) is 11.0. The molecule has 1 saturated carbocycles. The molecule has 3 aromatic carbocycles. The molecule has 0 heterocycles. The van der Waals surface area contributed by atoms with Gasteiger partial charge in [0.2, 0.25) is 0 Å². The van der Waals surface area contributed by atoms with Crippen LogP contribution in [-0.2, 0) is 6.42 Å². The maximum atomic E-state index is 14.4. The van der Waals surface area contributed by atoms with E-state index in [1.807, 2.05) is 19.1 Å². The summed E-state index contributed by atoms with van der Waals surface area (Å²) in [5, 5.41) is 0.948. The highest BCUT2D eigenvalue weighted by molar-refractivity contribution is 5.84. The van der Waals surface area contributed by atoms with Crippen molar-refractivity contribution in [3.63, 3.8) is 0 Å². The van der Waals surface area contributed by atoms with E-state index in [2.05, 4.69) is 0 Å². The molecular formula is C24H22F4. The lowest BCUT2D eigenvalue weighted by Crippen LogP contribution is -2.15. The first kappa shape index (κ1) is 19.0. The van der Waals surface area contributed by atoms with Crippen molar-refractivity contribution in [2.75, 3.05) is 0 Å². The van der Waals surface area contributed by atoms with Gasteiger partial charge in [-0.2, -0.15) is 0 Å². The molecule has 0 aliphatic heterocycles. The summed E-state index contributed by atoms with van der Waals surface area (Å²) >= 11 is 0. The van der Waals surface area contributed by atoms with Crippen LogP contribution >= 0.6 is 0 Å². The van der Waals surface area contributed by atoms with Gasteiger partial charge in [0.05, 0.1) is 0 Å². The van der Waals surface area contributed by atoms with E-state index >= 15 is 0 Å². The molecule has 0 saturated heterocycles. The second-order valence-corrected chi connectivity index (χ2v) is 7.72. The summed E-state index contributed by atoms with van der Waals surface area (Å²) in [5.74, 6) is -2.41. The zero-order valence-electron chi connectivity index (χ0n) is 15.7. The van der Waals surface area contributed by atoms with Crippen molar-refractivity contribution < 1.29 is 17.6 Å². The first-order valence-corrected chi connectivity index (χ1v) is 9.83. The van der Waals surface area contributed by atoms with Crippen LogP contribution in [0.4, 0.5) is 17.6 Å². The van der Waals surface area contributed by atoms with Crippen molar-refractivity contribution in [1.29, 1.82) is 0 Å². The van der Waals surface area contributed by atoms with E-state index in [-0.39, 0.29) is 22.8 Å². The van der Waals surface area contributed by atoms with Crippen LogP contribution in [0.25, 0.3) is 10.8 Å². The maximum absolute atomic E-state index is 14.4. The number of benzene rings is 3. The number of aryl methyl sites for hydroxylation is 1. The molecule has 28 heavy (non-hydrogen) atoms. The first-order valence-electron chi connectivity index (χ1n) is 9.83. The van der Waals surface area contributed by atoms with Gasteiger partial charge in [0.25, 0.3) is 0 Å². The molecule has 0 N–H and O–H groups in total. The average molecular weight is 386 g/mol. The van der Waals surface area contributed by atoms with E-state index in [1.54, 1.807) is 12.1 Å².